The van der Waals surface area contributed by atoms with Crippen molar-refractivity contribution in [2.75, 3.05) is 26.9 Å². The quantitative estimate of drug-likeness (QED) is 0.727. The Kier molecular flexibility index (Phi) is 5.59. The van der Waals surface area contributed by atoms with Gasteiger partial charge in [-0.15, -0.1) is 11.3 Å². The van der Waals surface area contributed by atoms with Crippen molar-refractivity contribution >= 4 is 11.3 Å². The summed E-state index contributed by atoms with van der Waals surface area (Å²) in [5.74, 6) is 0. The first-order valence-corrected chi connectivity index (χ1v) is 7.19. The van der Waals surface area contributed by atoms with E-state index in [2.05, 4.69) is 17.5 Å². The summed E-state index contributed by atoms with van der Waals surface area (Å²) in [4.78, 5) is 1.36. The number of thiophene rings is 1. The molecule has 1 aliphatic rings. The smallest absolute Gasteiger partial charge is 0.0989 e. The van der Waals surface area contributed by atoms with Gasteiger partial charge in [0.15, 0.2) is 0 Å². The molecule has 0 spiro atoms. The zero-order chi connectivity index (χ0) is 12.8. The third-order valence-corrected chi connectivity index (χ3v) is 4.09. The molecule has 2 N–H and O–H groups in total. The SMILES string of the molecule is COCCOC1C(N)CC1OCCc1cccs1. The Bertz CT molecular complexity index is 331. The van der Waals surface area contributed by atoms with Crippen molar-refractivity contribution < 1.29 is 14.2 Å². The summed E-state index contributed by atoms with van der Waals surface area (Å²) in [7, 11) is 1.67. The van der Waals surface area contributed by atoms with Gasteiger partial charge in [-0.2, -0.15) is 0 Å². The lowest BCUT2D eigenvalue weighted by molar-refractivity contribution is -0.144. The van der Waals surface area contributed by atoms with Crippen LogP contribution in [0.3, 0.4) is 0 Å². The minimum absolute atomic E-state index is 0.0310. The number of hydrogen-bond acceptors (Lipinski definition) is 5. The predicted octanol–water partition coefficient (Wildman–Crippen LogP) is 1.44. The Morgan fingerprint density at radius 1 is 1.33 bits per heavy atom. The molecule has 2 rings (SSSR count). The molecule has 0 saturated heterocycles. The lowest BCUT2D eigenvalue weighted by atomic mass is 9.86. The van der Waals surface area contributed by atoms with Gasteiger partial charge in [-0.1, -0.05) is 6.07 Å². The van der Waals surface area contributed by atoms with Crippen molar-refractivity contribution in [3.05, 3.63) is 22.4 Å². The summed E-state index contributed by atoms with van der Waals surface area (Å²) in [6.45, 7) is 1.92. The highest BCUT2D eigenvalue weighted by atomic mass is 32.1. The molecule has 102 valence electrons. The lowest BCUT2D eigenvalue weighted by Gasteiger charge is -2.41. The van der Waals surface area contributed by atoms with E-state index in [1.807, 2.05) is 0 Å². The molecular weight excluding hydrogens is 250 g/mol. The Morgan fingerprint density at radius 3 is 2.89 bits per heavy atom. The summed E-state index contributed by atoms with van der Waals surface area (Å²) in [5.41, 5.74) is 5.92. The first-order chi connectivity index (χ1) is 8.81. The lowest BCUT2D eigenvalue weighted by Crippen LogP contribution is -2.58. The van der Waals surface area contributed by atoms with E-state index in [1.165, 1.54) is 4.88 Å². The average molecular weight is 271 g/mol. The maximum Gasteiger partial charge on any atom is 0.0989 e. The van der Waals surface area contributed by atoms with Gasteiger partial charge in [0.25, 0.3) is 0 Å². The Hall–Kier alpha value is -0.460. The van der Waals surface area contributed by atoms with Crippen LogP contribution in [0.5, 0.6) is 0 Å². The van der Waals surface area contributed by atoms with Crippen LogP contribution in [-0.2, 0) is 20.6 Å². The second-order valence-corrected chi connectivity index (χ2v) is 5.50. The van der Waals surface area contributed by atoms with Crippen molar-refractivity contribution in [1.82, 2.24) is 0 Å². The van der Waals surface area contributed by atoms with Gasteiger partial charge < -0.3 is 19.9 Å². The highest BCUT2D eigenvalue weighted by Crippen LogP contribution is 2.26. The molecule has 0 amide bonds. The van der Waals surface area contributed by atoms with Crippen LogP contribution >= 0.6 is 11.3 Å². The van der Waals surface area contributed by atoms with Gasteiger partial charge in [-0.3, -0.25) is 0 Å². The van der Waals surface area contributed by atoms with Crippen molar-refractivity contribution in [1.29, 1.82) is 0 Å². The van der Waals surface area contributed by atoms with E-state index < -0.39 is 0 Å². The molecule has 0 bridgehead atoms. The fourth-order valence-corrected chi connectivity index (χ4v) is 2.73. The molecule has 4 nitrogen and oxygen atoms in total. The molecule has 0 radical (unpaired) electrons. The van der Waals surface area contributed by atoms with E-state index in [0.717, 1.165) is 19.4 Å². The normalized spacial score (nSPS) is 27.1. The molecule has 1 saturated carbocycles. The molecule has 3 atom stereocenters. The fraction of sp³-hybridized carbons (Fsp3) is 0.692. The van der Waals surface area contributed by atoms with Crippen molar-refractivity contribution in [2.24, 2.45) is 5.73 Å². The van der Waals surface area contributed by atoms with Gasteiger partial charge in [0.2, 0.25) is 0 Å². The van der Waals surface area contributed by atoms with E-state index in [-0.39, 0.29) is 18.2 Å². The largest absolute Gasteiger partial charge is 0.382 e. The number of methoxy groups -OCH3 is 1. The van der Waals surface area contributed by atoms with Crippen LogP contribution in [0.1, 0.15) is 11.3 Å². The molecule has 1 fully saturated rings. The second-order valence-electron chi connectivity index (χ2n) is 4.47. The number of rotatable bonds is 8. The highest BCUT2D eigenvalue weighted by Gasteiger charge is 2.40. The van der Waals surface area contributed by atoms with Gasteiger partial charge in [0.05, 0.1) is 32.0 Å². The van der Waals surface area contributed by atoms with E-state index in [4.69, 9.17) is 19.9 Å². The minimum atomic E-state index is 0.0310. The number of ether oxygens (including phenoxy) is 3. The molecule has 1 aliphatic carbocycles. The maximum absolute atomic E-state index is 5.92. The van der Waals surface area contributed by atoms with Crippen molar-refractivity contribution in [2.45, 2.75) is 31.1 Å². The number of nitrogens with two attached hydrogens (primary N) is 1. The molecule has 0 aromatic carbocycles. The topological polar surface area (TPSA) is 53.7 Å². The fourth-order valence-electron chi connectivity index (χ4n) is 2.04. The Morgan fingerprint density at radius 2 is 2.22 bits per heavy atom. The molecule has 18 heavy (non-hydrogen) atoms. The van der Waals surface area contributed by atoms with Gasteiger partial charge in [0, 0.05) is 24.4 Å². The standard InChI is InChI=1S/C13H21NO3S/c1-15-6-7-17-13-11(14)9-12(13)16-5-4-10-3-2-8-18-10/h2-3,8,11-13H,4-7,9,14H2,1H3. The van der Waals surface area contributed by atoms with Crippen LogP contribution in [0, 0.1) is 0 Å². The molecule has 0 aliphatic heterocycles. The average Bonchev–Trinajstić information content (AvgIpc) is 2.86. The van der Waals surface area contributed by atoms with Gasteiger partial charge >= 0.3 is 0 Å². The molecular formula is C13H21NO3S. The van der Waals surface area contributed by atoms with Crippen LogP contribution < -0.4 is 5.73 Å². The van der Waals surface area contributed by atoms with Crippen LogP contribution in [0.15, 0.2) is 17.5 Å². The number of hydrogen-bond donors (Lipinski definition) is 1. The van der Waals surface area contributed by atoms with Gasteiger partial charge in [-0.05, 0) is 17.9 Å². The Balaban J connectivity index is 1.63. The van der Waals surface area contributed by atoms with E-state index in [1.54, 1.807) is 18.4 Å². The van der Waals surface area contributed by atoms with Gasteiger partial charge in [-0.25, -0.2) is 0 Å². The monoisotopic (exact) mass is 271 g/mol. The Labute approximate surface area is 112 Å². The van der Waals surface area contributed by atoms with E-state index in [0.29, 0.717) is 13.2 Å². The maximum atomic E-state index is 5.92. The third kappa shape index (κ3) is 3.76. The summed E-state index contributed by atoms with van der Waals surface area (Å²) in [6, 6.07) is 4.30. The van der Waals surface area contributed by atoms with Crippen LogP contribution in [0.2, 0.25) is 0 Å². The highest BCUT2D eigenvalue weighted by molar-refractivity contribution is 7.09. The van der Waals surface area contributed by atoms with E-state index in [9.17, 15) is 0 Å². The van der Waals surface area contributed by atoms with Crippen LogP contribution in [-0.4, -0.2) is 45.2 Å². The second kappa shape index (κ2) is 7.21. The molecule has 5 heteroatoms. The zero-order valence-corrected chi connectivity index (χ0v) is 11.5. The first-order valence-electron chi connectivity index (χ1n) is 6.31. The predicted molar refractivity (Wildman–Crippen MR) is 72.0 cm³/mol. The molecule has 1 aromatic heterocycles. The van der Waals surface area contributed by atoms with Crippen LogP contribution in [0.4, 0.5) is 0 Å². The van der Waals surface area contributed by atoms with Crippen molar-refractivity contribution in [3.8, 4) is 0 Å². The molecule has 3 unspecified atom stereocenters. The third-order valence-electron chi connectivity index (χ3n) is 3.15. The zero-order valence-electron chi connectivity index (χ0n) is 10.7. The first kappa shape index (κ1) is 14.0. The van der Waals surface area contributed by atoms with E-state index >= 15 is 0 Å². The summed E-state index contributed by atoms with van der Waals surface area (Å²) >= 11 is 1.77. The van der Waals surface area contributed by atoms with Crippen LogP contribution in [0.25, 0.3) is 0 Å². The molecule has 1 aromatic rings. The summed E-state index contributed by atoms with van der Waals surface area (Å²) < 4.78 is 16.4. The van der Waals surface area contributed by atoms with Gasteiger partial charge in [0.1, 0.15) is 0 Å². The van der Waals surface area contributed by atoms with Crippen molar-refractivity contribution in [3.63, 3.8) is 0 Å². The summed E-state index contributed by atoms with van der Waals surface area (Å²) in [5, 5.41) is 2.09. The molecule has 1 heterocycles. The summed E-state index contributed by atoms with van der Waals surface area (Å²) in [6.07, 6.45) is 2.04. The minimum Gasteiger partial charge on any atom is -0.382 e.